The lowest BCUT2D eigenvalue weighted by Crippen LogP contribution is -2.12. The van der Waals surface area contributed by atoms with E-state index in [1.54, 1.807) is 12.1 Å². The average Bonchev–Trinajstić information content (AvgIpc) is 2.54. The molecule has 4 nitrogen and oxygen atoms in total. The SMILES string of the molecule is C=CCS(=O)(=O)c1c(CCc2ccccc2)ccc(N)c1OC. The fourth-order valence-electron chi connectivity index (χ4n) is 2.53. The molecule has 0 atom stereocenters. The van der Waals surface area contributed by atoms with Crippen molar-refractivity contribution in [2.24, 2.45) is 0 Å². The van der Waals surface area contributed by atoms with Crippen molar-refractivity contribution in [3.63, 3.8) is 0 Å². The van der Waals surface area contributed by atoms with Crippen LogP contribution in [0.2, 0.25) is 0 Å². The van der Waals surface area contributed by atoms with E-state index < -0.39 is 9.84 Å². The first-order valence-corrected chi connectivity index (χ1v) is 8.97. The molecule has 0 spiro atoms. The minimum atomic E-state index is -3.53. The van der Waals surface area contributed by atoms with Crippen molar-refractivity contribution in [1.82, 2.24) is 0 Å². The molecule has 0 aliphatic heterocycles. The fourth-order valence-corrected chi connectivity index (χ4v) is 4.06. The van der Waals surface area contributed by atoms with Crippen molar-refractivity contribution in [3.8, 4) is 5.75 Å². The first-order chi connectivity index (χ1) is 11.0. The lowest BCUT2D eigenvalue weighted by atomic mass is 10.0. The Balaban J connectivity index is 2.44. The number of nitrogens with two attached hydrogens (primary N) is 1. The van der Waals surface area contributed by atoms with Gasteiger partial charge in [0.25, 0.3) is 0 Å². The zero-order chi connectivity index (χ0) is 16.9. The Morgan fingerprint density at radius 1 is 1.13 bits per heavy atom. The van der Waals surface area contributed by atoms with Gasteiger partial charge in [-0.2, -0.15) is 0 Å². The standard InChI is InChI=1S/C18H21NO3S/c1-3-13-23(20,21)18-15(11-12-16(19)17(18)22-2)10-9-14-7-5-4-6-8-14/h3-8,11-12H,1,9-10,13,19H2,2H3. The number of benzene rings is 2. The molecule has 0 amide bonds. The number of nitrogen functional groups attached to an aromatic ring is 1. The highest BCUT2D eigenvalue weighted by atomic mass is 32.2. The van der Waals surface area contributed by atoms with Gasteiger partial charge in [-0.1, -0.05) is 42.5 Å². The van der Waals surface area contributed by atoms with Crippen LogP contribution in [0.4, 0.5) is 5.69 Å². The summed E-state index contributed by atoms with van der Waals surface area (Å²) in [6.45, 7) is 3.52. The summed E-state index contributed by atoms with van der Waals surface area (Å²) >= 11 is 0. The van der Waals surface area contributed by atoms with Crippen molar-refractivity contribution in [1.29, 1.82) is 0 Å². The van der Waals surface area contributed by atoms with Gasteiger partial charge in [-0.25, -0.2) is 8.42 Å². The van der Waals surface area contributed by atoms with Crippen LogP contribution in [-0.2, 0) is 22.7 Å². The zero-order valence-corrected chi connectivity index (χ0v) is 14.0. The molecule has 0 bridgehead atoms. The van der Waals surface area contributed by atoms with Crippen molar-refractivity contribution < 1.29 is 13.2 Å². The van der Waals surface area contributed by atoms with Crippen LogP contribution in [0.5, 0.6) is 5.75 Å². The number of methoxy groups -OCH3 is 1. The van der Waals surface area contributed by atoms with Crippen LogP contribution in [0.25, 0.3) is 0 Å². The summed E-state index contributed by atoms with van der Waals surface area (Å²) < 4.78 is 30.4. The van der Waals surface area contributed by atoms with Crippen molar-refractivity contribution >= 4 is 15.5 Å². The number of anilines is 1. The Hall–Kier alpha value is -2.27. The minimum absolute atomic E-state index is 0.148. The minimum Gasteiger partial charge on any atom is -0.493 e. The fraction of sp³-hybridized carbons (Fsp3) is 0.222. The predicted molar refractivity (Wildman–Crippen MR) is 93.5 cm³/mol. The molecular weight excluding hydrogens is 310 g/mol. The summed E-state index contributed by atoms with van der Waals surface area (Å²) in [4.78, 5) is 0.177. The van der Waals surface area contributed by atoms with E-state index in [2.05, 4.69) is 6.58 Å². The second-order valence-corrected chi connectivity index (χ2v) is 7.20. The number of sulfone groups is 1. The van der Waals surface area contributed by atoms with E-state index in [1.165, 1.54) is 13.2 Å². The summed E-state index contributed by atoms with van der Waals surface area (Å²) in [5, 5.41) is 0. The van der Waals surface area contributed by atoms with E-state index >= 15 is 0 Å². The number of hydrogen-bond donors (Lipinski definition) is 1. The molecule has 0 saturated carbocycles. The highest BCUT2D eigenvalue weighted by Crippen LogP contribution is 2.34. The van der Waals surface area contributed by atoms with Gasteiger partial charge < -0.3 is 10.5 Å². The molecule has 2 aromatic carbocycles. The van der Waals surface area contributed by atoms with Crippen LogP contribution in [0, 0.1) is 0 Å². The van der Waals surface area contributed by atoms with E-state index in [4.69, 9.17) is 10.5 Å². The van der Waals surface area contributed by atoms with Gasteiger partial charge in [0.1, 0.15) is 4.90 Å². The summed E-state index contributed by atoms with van der Waals surface area (Å²) in [6, 6.07) is 13.4. The Morgan fingerprint density at radius 2 is 1.83 bits per heavy atom. The third kappa shape index (κ3) is 3.93. The highest BCUT2D eigenvalue weighted by molar-refractivity contribution is 7.91. The second-order valence-electron chi connectivity index (χ2n) is 5.23. The van der Waals surface area contributed by atoms with Crippen LogP contribution >= 0.6 is 0 Å². The van der Waals surface area contributed by atoms with Crippen molar-refractivity contribution in [3.05, 3.63) is 66.2 Å². The van der Waals surface area contributed by atoms with Gasteiger partial charge in [-0.3, -0.25) is 0 Å². The van der Waals surface area contributed by atoms with Crippen molar-refractivity contribution in [2.75, 3.05) is 18.6 Å². The van der Waals surface area contributed by atoms with Crippen LogP contribution in [-0.4, -0.2) is 21.3 Å². The van der Waals surface area contributed by atoms with E-state index in [9.17, 15) is 8.42 Å². The maximum absolute atomic E-state index is 12.6. The molecule has 0 unspecified atom stereocenters. The smallest absolute Gasteiger partial charge is 0.185 e. The molecule has 0 aromatic heterocycles. The molecule has 0 heterocycles. The van der Waals surface area contributed by atoms with Gasteiger partial charge in [-0.05, 0) is 30.0 Å². The molecule has 0 radical (unpaired) electrons. The van der Waals surface area contributed by atoms with Crippen LogP contribution < -0.4 is 10.5 Å². The molecule has 23 heavy (non-hydrogen) atoms. The summed E-state index contributed by atoms with van der Waals surface area (Å²) in [6.07, 6.45) is 2.70. The number of rotatable bonds is 7. The van der Waals surface area contributed by atoms with Gasteiger partial charge >= 0.3 is 0 Å². The molecular formula is C18H21NO3S. The Bertz CT molecular complexity index is 783. The largest absolute Gasteiger partial charge is 0.493 e. The molecule has 0 fully saturated rings. The Labute approximate surface area is 137 Å². The topological polar surface area (TPSA) is 69.4 Å². The van der Waals surface area contributed by atoms with Gasteiger partial charge in [0.2, 0.25) is 0 Å². The molecule has 5 heteroatoms. The maximum atomic E-state index is 12.6. The lowest BCUT2D eigenvalue weighted by molar-refractivity contribution is 0.404. The zero-order valence-electron chi connectivity index (χ0n) is 13.2. The molecule has 2 aromatic rings. The van der Waals surface area contributed by atoms with E-state index in [0.29, 0.717) is 17.7 Å². The van der Waals surface area contributed by atoms with Crippen LogP contribution in [0.15, 0.2) is 60.0 Å². The Kier molecular flexibility index (Phi) is 5.45. The predicted octanol–water partition coefficient (Wildman–Crippen LogP) is 3.02. The first-order valence-electron chi connectivity index (χ1n) is 7.32. The molecule has 122 valence electrons. The summed E-state index contributed by atoms with van der Waals surface area (Å²) in [5.41, 5.74) is 8.06. The quantitative estimate of drug-likeness (QED) is 0.625. The maximum Gasteiger partial charge on any atom is 0.185 e. The first kappa shape index (κ1) is 17.1. The van der Waals surface area contributed by atoms with Gasteiger partial charge in [0.05, 0.1) is 18.6 Å². The molecule has 0 aliphatic rings. The lowest BCUT2D eigenvalue weighted by Gasteiger charge is -2.16. The van der Waals surface area contributed by atoms with E-state index in [0.717, 1.165) is 12.0 Å². The third-order valence-corrected chi connectivity index (χ3v) is 5.35. The third-order valence-electron chi connectivity index (χ3n) is 3.60. The molecule has 2 N–H and O–H groups in total. The average molecular weight is 331 g/mol. The number of aryl methyl sites for hydroxylation is 2. The highest BCUT2D eigenvalue weighted by Gasteiger charge is 2.24. The number of ether oxygens (including phenoxy) is 1. The van der Waals surface area contributed by atoms with Crippen LogP contribution in [0.1, 0.15) is 11.1 Å². The normalized spacial score (nSPS) is 11.2. The molecule has 2 rings (SSSR count). The van der Waals surface area contributed by atoms with Gasteiger partial charge in [0.15, 0.2) is 15.6 Å². The Morgan fingerprint density at radius 3 is 2.43 bits per heavy atom. The molecule has 0 aliphatic carbocycles. The second kappa shape index (κ2) is 7.33. The van der Waals surface area contributed by atoms with Crippen LogP contribution in [0.3, 0.4) is 0 Å². The van der Waals surface area contributed by atoms with Gasteiger partial charge in [-0.15, -0.1) is 6.58 Å². The monoisotopic (exact) mass is 331 g/mol. The summed E-state index contributed by atoms with van der Waals surface area (Å²) in [5.74, 6) is 0.0722. The molecule has 0 saturated heterocycles. The summed E-state index contributed by atoms with van der Waals surface area (Å²) in [7, 11) is -2.10. The van der Waals surface area contributed by atoms with Gasteiger partial charge in [0, 0.05) is 0 Å². The van der Waals surface area contributed by atoms with Crippen molar-refractivity contribution in [2.45, 2.75) is 17.7 Å². The number of hydrogen-bond acceptors (Lipinski definition) is 4. The van der Waals surface area contributed by atoms with E-state index in [1.807, 2.05) is 30.3 Å². The van der Waals surface area contributed by atoms with E-state index in [-0.39, 0.29) is 16.4 Å².